The molecule has 5 nitrogen and oxygen atoms in total. The highest BCUT2D eigenvalue weighted by Crippen LogP contribution is 2.22. The molecule has 27 heavy (non-hydrogen) atoms. The van der Waals surface area contributed by atoms with Gasteiger partial charge in [0.05, 0.1) is 12.1 Å². The molecular formula is C21H22N4OS. The first-order chi connectivity index (χ1) is 13.2. The number of hydrogen-bond donors (Lipinski definition) is 0. The molecular weight excluding hydrogens is 356 g/mol. The number of aromatic nitrogens is 2. The minimum absolute atomic E-state index is 0.207. The number of anilines is 1. The van der Waals surface area contributed by atoms with Gasteiger partial charge in [-0.15, -0.1) is 21.5 Å². The number of nitrogens with zero attached hydrogens (tertiary/aromatic N) is 4. The molecule has 3 heterocycles. The predicted molar refractivity (Wildman–Crippen MR) is 109 cm³/mol. The summed E-state index contributed by atoms with van der Waals surface area (Å²) in [5.74, 6) is 1.08. The molecule has 0 aliphatic carbocycles. The molecule has 1 aliphatic rings. The summed E-state index contributed by atoms with van der Waals surface area (Å²) < 4.78 is 0. The molecule has 0 atom stereocenters. The van der Waals surface area contributed by atoms with Gasteiger partial charge >= 0.3 is 0 Å². The van der Waals surface area contributed by atoms with Gasteiger partial charge < -0.3 is 9.80 Å². The Bertz CT molecular complexity index is 900. The molecule has 1 fully saturated rings. The highest BCUT2D eigenvalue weighted by atomic mass is 32.1. The Balaban J connectivity index is 1.37. The number of rotatable bonds is 4. The van der Waals surface area contributed by atoms with Crippen LogP contribution in [0.25, 0.3) is 11.3 Å². The number of amides is 1. The van der Waals surface area contributed by atoms with Crippen molar-refractivity contribution in [3.63, 3.8) is 0 Å². The summed E-state index contributed by atoms with van der Waals surface area (Å²) in [4.78, 5) is 17.7. The third-order valence-corrected chi connectivity index (χ3v) is 5.81. The second kappa shape index (κ2) is 7.88. The quantitative estimate of drug-likeness (QED) is 0.698. The van der Waals surface area contributed by atoms with Gasteiger partial charge in [0.25, 0.3) is 0 Å². The standard InChI is InChI=1S/C21H22N4OS/c1-16-5-2-3-7-18(16)19-8-9-20(23-22-19)24-10-12-25(13-11-24)21(26)15-17-6-4-14-27-17/h2-9,14H,10-13,15H2,1H3. The van der Waals surface area contributed by atoms with Crippen LogP contribution in [0.5, 0.6) is 0 Å². The first-order valence-electron chi connectivity index (χ1n) is 9.15. The summed E-state index contributed by atoms with van der Waals surface area (Å²) in [5.41, 5.74) is 3.19. The number of hydrogen-bond acceptors (Lipinski definition) is 5. The Morgan fingerprint density at radius 2 is 1.81 bits per heavy atom. The first-order valence-corrected chi connectivity index (χ1v) is 10.0. The molecule has 1 aliphatic heterocycles. The van der Waals surface area contributed by atoms with Crippen molar-refractivity contribution < 1.29 is 4.79 Å². The van der Waals surface area contributed by atoms with Crippen LogP contribution in [-0.4, -0.2) is 47.2 Å². The van der Waals surface area contributed by atoms with E-state index in [9.17, 15) is 4.79 Å². The molecule has 4 rings (SSSR count). The van der Waals surface area contributed by atoms with Crippen LogP contribution in [0.1, 0.15) is 10.4 Å². The van der Waals surface area contributed by atoms with Crippen molar-refractivity contribution in [2.45, 2.75) is 13.3 Å². The van der Waals surface area contributed by atoms with E-state index < -0.39 is 0 Å². The lowest BCUT2D eigenvalue weighted by Gasteiger charge is -2.35. The van der Waals surface area contributed by atoms with E-state index in [1.807, 2.05) is 46.7 Å². The molecule has 1 aromatic carbocycles. The van der Waals surface area contributed by atoms with Crippen molar-refractivity contribution >= 4 is 23.1 Å². The molecule has 138 valence electrons. The van der Waals surface area contributed by atoms with Gasteiger partial charge in [0, 0.05) is 36.6 Å². The maximum absolute atomic E-state index is 12.4. The van der Waals surface area contributed by atoms with Crippen LogP contribution in [-0.2, 0) is 11.2 Å². The second-order valence-electron chi connectivity index (χ2n) is 6.72. The van der Waals surface area contributed by atoms with Crippen LogP contribution in [0.2, 0.25) is 0 Å². The molecule has 0 bridgehead atoms. The number of carbonyl (C=O) groups is 1. The number of benzene rings is 1. The number of carbonyl (C=O) groups excluding carboxylic acids is 1. The molecule has 0 unspecified atom stereocenters. The normalized spacial score (nSPS) is 14.4. The van der Waals surface area contributed by atoms with Gasteiger partial charge in [-0.1, -0.05) is 30.3 Å². The lowest BCUT2D eigenvalue weighted by atomic mass is 10.1. The highest BCUT2D eigenvalue weighted by Gasteiger charge is 2.22. The van der Waals surface area contributed by atoms with Gasteiger partial charge in [-0.3, -0.25) is 4.79 Å². The average molecular weight is 379 g/mol. The summed E-state index contributed by atoms with van der Waals surface area (Å²) in [6.45, 7) is 5.11. The van der Waals surface area contributed by atoms with Crippen molar-refractivity contribution in [3.8, 4) is 11.3 Å². The smallest absolute Gasteiger partial charge is 0.227 e. The van der Waals surface area contributed by atoms with Gasteiger partial charge in [-0.2, -0.15) is 0 Å². The van der Waals surface area contributed by atoms with Crippen molar-refractivity contribution in [1.29, 1.82) is 0 Å². The van der Waals surface area contributed by atoms with Crippen LogP contribution >= 0.6 is 11.3 Å². The third-order valence-electron chi connectivity index (χ3n) is 4.93. The SMILES string of the molecule is Cc1ccccc1-c1ccc(N2CCN(C(=O)Cc3cccs3)CC2)nn1. The second-order valence-corrected chi connectivity index (χ2v) is 7.75. The number of thiophene rings is 1. The molecule has 2 aromatic heterocycles. The molecule has 6 heteroatoms. The summed E-state index contributed by atoms with van der Waals surface area (Å²) in [6, 6.07) is 16.3. The summed E-state index contributed by atoms with van der Waals surface area (Å²) in [5, 5.41) is 10.9. The van der Waals surface area contributed by atoms with Crippen molar-refractivity contribution in [2.75, 3.05) is 31.1 Å². The zero-order valence-corrected chi connectivity index (χ0v) is 16.2. The minimum Gasteiger partial charge on any atom is -0.352 e. The summed E-state index contributed by atoms with van der Waals surface area (Å²) in [6.07, 6.45) is 0.503. The van der Waals surface area contributed by atoms with E-state index in [1.54, 1.807) is 11.3 Å². The molecule has 1 amide bonds. The highest BCUT2D eigenvalue weighted by molar-refractivity contribution is 7.10. The molecule has 1 saturated heterocycles. The van der Waals surface area contributed by atoms with Crippen molar-refractivity contribution in [1.82, 2.24) is 15.1 Å². The Hall–Kier alpha value is -2.73. The van der Waals surface area contributed by atoms with Gasteiger partial charge in [-0.25, -0.2) is 0 Å². The van der Waals surface area contributed by atoms with Crippen LogP contribution in [0, 0.1) is 6.92 Å². The van der Waals surface area contributed by atoms with Crippen LogP contribution in [0.4, 0.5) is 5.82 Å². The lowest BCUT2D eigenvalue weighted by Crippen LogP contribution is -2.49. The van der Waals surface area contributed by atoms with Gasteiger partial charge in [0.1, 0.15) is 0 Å². The fourth-order valence-electron chi connectivity index (χ4n) is 3.36. The van der Waals surface area contributed by atoms with E-state index in [1.165, 1.54) is 5.56 Å². The fourth-order valence-corrected chi connectivity index (χ4v) is 4.05. The Morgan fingerprint density at radius 1 is 1.00 bits per heavy atom. The zero-order valence-electron chi connectivity index (χ0n) is 15.3. The Labute approximate surface area is 163 Å². The number of piperazine rings is 1. The van der Waals surface area contributed by atoms with Crippen LogP contribution < -0.4 is 4.90 Å². The fraction of sp³-hybridized carbons (Fsp3) is 0.286. The van der Waals surface area contributed by atoms with E-state index >= 15 is 0 Å². The molecule has 0 N–H and O–H groups in total. The predicted octanol–water partition coefficient (Wildman–Crippen LogP) is 3.40. The van der Waals surface area contributed by atoms with E-state index in [2.05, 4.69) is 34.2 Å². The largest absolute Gasteiger partial charge is 0.352 e. The zero-order chi connectivity index (χ0) is 18.6. The van der Waals surface area contributed by atoms with Gasteiger partial charge in [0.15, 0.2) is 5.82 Å². The molecule has 0 saturated carbocycles. The van der Waals surface area contributed by atoms with Crippen LogP contribution in [0.3, 0.4) is 0 Å². The monoisotopic (exact) mass is 378 g/mol. The molecule has 0 radical (unpaired) electrons. The van der Waals surface area contributed by atoms with Crippen molar-refractivity contribution in [3.05, 3.63) is 64.4 Å². The van der Waals surface area contributed by atoms with E-state index in [0.717, 1.165) is 48.1 Å². The molecule has 3 aromatic rings. The van der Waals surface area contributed by atoms with Crippen molar-refractivity contribution in [2.24, 2.45) is 0 Å². The maximum atomic E-state index is 12.4. The van der Waals surface area contributed by atoms with Crippen LogP contribution in [0.15, 0.2) is 53.9 Å². The Morgan fingerprint density at radius 3 is 2.48 bits per heavy atom. The average Bonchev–Trinajstić information content (AvgIpc) is 3.22. The Kier molecular flexibility index (Phi) is 5.16. The topological polar surface area (TPSA) is 49.3 Å². The van der Waals surface area contributed by atoms with E-state index in [-0.39, 0.29) is 5.91 Å². The van der Waals surface area contributed by atoms with Gasteiger partial charge in [-0.05, 0) is 36.1 Å². The summed E-state index contributed by atoms with van der Waals surface area (Å²) >= 11 is 1.64. The lowest BCUT2D eigenvalue weighted by molar-refractivity contribution is -0.130. The molecule has 0 spiro atoms. The third kappa shape index (κ3) is 4.01. The number of aryl methyl sites for hydroxylation is 1. The first kappa shape index (κ1) is 17.7. The van der Waals surface area contributed by atoms with E-state index in [4.69, 9.17) is 0 Å². The minimum atomic E-state index is 0.207. The summed E-state index contributed by atoms with van der Waals surface area (Å²) in [7, 11) is 0. The van der Waals surface area contributed by atoms with E-state index in [0.29, 0.717) is 6.42 Å². The van der Waals surface area contributed by atoms with Gasteiger partial charge in [0.2, 0.25) is 5.91 Å². The maximum Gasteiger partial charge on any atom is 0.227 e.